The Bertz CT molecular complexity index is 1440. The monoisotopic (exact) mass is 524 g/mol. The highest BCUT2D eigenvalue weighted by molar-refractivity contribution is 6.00. The van der Waals surface area contributed by atoms with E-state index in [1.807, 2.05) is 36.4 Å². The van der Waals surface area contributed by atoms with E-state index in [4.69, 9.17) is 9.47 Å². The number of nitrogens with zero attached hydrogens (tertiary/aromatic N) is 1. The second-order valence-corrected chi connectivity index (χ2v) is 9.89. The molecule has 39 heavy (non-hydrogen) atoms. The average molecular weight is 525 g/mol. The Balaban J connectivity index is 1.44. The molecule has 3 aromatic carbocycles. The number of methoxy groups -OCH3 is 2. The van der Waals surface area contributed by atoms with E-state index in [9.17, 15) is 4.79 Å². The Morgan fingerprint density at radius 3 is 2.54 bits per heavy atom. The van der Waals surface area contributed by atoms with Crippen LogP contribution in [0.5, 0.6) is 11.5 Å². The van der Waals surface area contributed by atoms with E-state index >= 15 is 0 Å². The van der Waals surface area contributed by atoms with Gasteiger partial charge >= 0.3 is 6.03 Å². The summed E-state index contributed by atoms with van der Waals surface area (Å²) in [5.74, 6) is 1.63. The van der Waals surface area contributed by atoms with Gasteiger partial charge in [0.1, 0.15) is 0 Å². The maximum atomic E-state index is 13.0. The lowest BCUT2D eigenvalue weighted by molar-refractivity contribution is 0.222. The molecule has 0 fully saturated rings. The molecule has 0 saturated carbocycles. The zero-order valence-electron chi connectivity index (χ0n) is 22.8. The number of hydrogen-bond acceptors (Lipinski definition) is 5. The molecular formula is C32H36N4O3. The SMILES string of the molecule is CCC(c1ccccc1)C1(CCNC(=O)Nc2ccnc3ccccc23)NCCc2cc(OC)c(OC)cc21. The van der Waals surface area contributed by atoms with Crippen molar-refractivity contribution in [3.63, 3.8) is 0 Å². The van der Waals surface area contributed by atoms with Gasteiger partial charge in [0.15, 0.2) is 11.5 Å². The van der Waals surface area contributed by atoms with Crippen LogP contribution in [0.25, 0.3) is 10.9 Å². The maximum absolute atomic E-state index is 13.0. The van der Waals surface area contributed by atoms with Crippen LogP contribution in [-0.4, -0.2) is 38.3 Å². The summed E-state index contributed by atoms with van der Waals surface area (Å²) in [6, 6.07) is 24.2. The lowest BCUT2D eigenvalue weighted by Gasteiger charge is -2.46. The molecule has 0 bridgehead atoms. The summed E-state index contributed by atoms with van der Waals surface area (Å²) in [5, 5.41) is 10.9. The summed E-state index contributed by atoms with van der Waals surface area (Å²) < 4.78 is 11.3. The first kappa shape index (κ1) is 26.5. The Morgan fingerprint density at radius 1 is 1.03 bits per heavy atom. The fourth-order valence-electron chi connectivity index (χ4n) is 6.07. The van der Waals surface area contributed by atoms with Gasteiger partial charge in [-0.25, -0.2) is 4.79 Å². The summed E-state index contributed by atoms with van der Waals surface area (Å²) in [6.45, 7) is 3.55. The normalized spacial score (nSPS) is 17.2. The fraction of sp³-hybridized carbons (Fsp3) is 0.312. The molecule has 0 radical (unpaired) electrons. The smallest absolute Gasteiger partial charge is 0.319 e. The van der Waals surface area contributed by atoms with Gasteiger partial charge in [0.05, 0.1) is 31.0 Å². The van der Waals surface area contributed by atoms with Crippen LogP contribution >= 0.6 is 0 Å². The Kier molecular flexibility index (Phi) is 7.98. The molecule has 202 valence electrons. The summed E-state index contributed by atoms with van der Waals surface area (Å²) in [6.07, 6.45) is 4.24. The molecule has 0 spiro atoms. The molecule has 0 aliphatic carbocycles. The first-order valence-corrected chi connectivity index (χ1v) is 13.5. The molecule has 2 atom stereocenters. The molecule has 1 aliphatic rings. The minimum absolute atomic E-state index is 0.185. The highest BCUT2D eigenvalue weighted by atomic mass is 16.5. The van der Waals surface area contributed by atoms with E-state index in [1.54, 1.807) is 20.4 Å². The second-order valence-electron chi connectivity index (χ2n) is 9.89. The third-order valence-corrected chi connectivity index (χ3v) is 7.83. The Morgan fingerprint density at radius 2 is 1.77 bits per heavy atom. The summed E-state index contributed by atoms with van der Waals surface area (Å²) in [5.41, 5.74) is 4.89. The number of hydrogen-bond donors (Lipinski definition) is 3. The van der Waals surface area contributed by atoms with Crippen LogP contribution in [0, 0.1) is 0 Å². The van der Waals surface area contributed by atoms with Crippen molar-refractivity contribution in [3.8, 4) is 11.5 Å². The third-order valence-electron chi connectivity index (χ3n) is 7.83. The van der Waals surface area contributed by atoms with Gasteiger partial charge in [-0.15, -0.1) is 0 Å². The van der Waals surface area contributed by atoms with E-state index in [2.05, 4.69) is 64.3 Å². The quantitative estimate of drug-likeness (QED) is 0.250. The maximum Gasteiger partial charge on any atom is 0.319 e. The zero-order chi connectivity index (χ0) is 27.2. The number of para-hydroxylation sites is 1. The van der Waals surface area contributed by atoms with Gasteiger partial charge in [-0.05, 0) is 60.2 Å². The predicted molar refractivity (Wildman–Crippen MR) is 156 cm³/mol. The molecule has 2 heterocycles. The van der Waals surface area contributed by atoms with Crippen molar-refractivity contribution in [2.75, 3.05) is 32.6 Å². The number of carbonyl (C=O) groups is 1. The summed E-state index contributed by atoms with van der Waals surface area (Å²) in [7, 11) is 3.34. The van der Waals surface area contributed by atoms with E-state index in [0.29, 0.717) is 18.7 Å². The van der Waals surface area contributed by atoms with Gasteiger partial charge < -0.3 is 25.4 Å². The molecule has 0 saturated heterocycles. The van der Waals surface area contributed by atoms with Crippen molar-refractivity contribution < 1.29 is 14.3 Å². The van der Waals surface area contributed by atoms with Crippen LogP contribution in [0.1, 0.15) is 42.4 Å². The van der Waals surface area contributed by atoms with Crippen LogP contribution in [-0.2, 0) is 12.0 Å². The number of carbonyl (C=O) groups excluding carboxylic acids is 1. The number of aromatic nitrogens is 1. The van der Waals surface area contributed by atoms with Crippen LogP contribution < -0.4 is 25.4 Å². The lowest BCUT2D eigenvalue weighted by atomic mass is 9.68. The van der Waals surface area contributed by atoms with Crippen molar-refractivity contribution >= 4 is 22.6 Å². The number of amides is 2. The fourth-order valence-corrected chi connectivity index (χ4v) is 6.07. The first-order valence-electron chi connectivity index (χ1n) is 13.5. The van der Waals surface area contributed by atoms with Crippen LogP contribution in [0.3, 0.4) is 0 Å². The molecule has 3 N–H and O–H groups in total. The zero-order valence-corrected chi connectivity index (χ0v) is 22.8. The van der Waals surface area contributed by atoms with Crippen molar-refractivity contribution in [1.82, 2.24) is 15.6 Å². The average Bonchev–Trinajstić information content (AvgIpc) is 2.98. The molecule has 2 unspecified atom stereocenters. The molecule has 1 aromatic heterocycles. The minimum Gasteiger partial charge on any atom is -0.493 e. The van der Waals surface area contributed by atoms with Gasteiger partial charge in [-0.3, -0.25) is 4.98 Å². The number of urea groups is 1. The largest absolute Gasteiger partial charge is 0.493 e. The summed E-state index contributed by atoms with van der Waals surface area (Å²) in [4.78, 5) is 17.4. The standard InChI is InChI=1S/C32H36N4O3/c1-4-25(22-10-6-5-7-11-22)32(26-21-30(39-3)29(38-2)20-23(26)14-18-35-32)16-19-34-31(37)36-28-15-17-33-27-13-9-8-12-24(27)28/h5-13,15,17,20-21,25,35H,4,14,16,18-19H2,1-3H3,(H2,33,34,36,37). The van der Waals surface area contributed by atoms with E-state index in [0.717, 1.165) is 41.7 Å². The second kappa shape index (κ2) is 11.7. The van der Waals surface area contributed by atoms with E-state index in [-0.39, 0.29) is 11.9 Å². The van der Waals surface area contributed by atoms with Crippen molar-refractivity contribution in [3.05, 3.63) is 95.7 Å². The van der Waals surface area contributed by atoms with Gasteiger partial charge in [-0.2, -0.15) is 0 Å². The topological polar surface area (TPSA) is 84.5 Å². The Hall–Kier alpha value is -4.10. The molecule has 5 rings (SSSR count). The number of benzene rings is 3. The number of anilines is 1. The third kappa shape index (κ3) is 5.27. The lowest BCUT2D eigenvalue weighted by Crippen LogP contribution is -2.53. The van der Waals surface area contributed by atoms with Gasteiger partial charge in [0, 0.05) is 30.6 Å². The van der Waals surface area contributed by atoms with Gasteiger partial charge in [0.25, 0.3) is 0 Å². The number of fused-ring (bicyclic) bond motifs is 2. The molecular weight excluding hydrogens is 488 g/mol. The number of pyridine rings is 1. The molecule has 7 nitrogen and oxygen atoms in total. The van der Waals surface area contributed by atoms with Crippen LogP contribution in [0.4, 0.5) is 10.5 Å². The number of rotatable bonds is 9. The van der Waals surface area contributed by atoms with Crippen molar-refractivity contribution in [2.24, 2.45) is 0 Å². The minimum atomic E-state index is -0.403. The van der Waals surface area contributed by atoms with Crippen LogP contribution in [0.2, 0.25) is 0 Å². The van der Waals surface area contributed by atoms with Crippen LogP contribution in [0.15, 0.2) is 79.0 Å². The molecule has 4 aromatic rings. The van der Waals surface area contributed by atoms with E-state index in [1.165, 1.54) is 16.7 Å². The highest BCUT2D eigenvalue weighted by Crippen LogP contribution is 2.47. The van der Waals surface area contributed by atoms with Crippen molar-refractivity contribution in [2.45, 2.75) is 37.6 Å². The highest BCUT2D eigenvalue weighted by Gasteiger charge is 2.43. The molecule has 7 heteroatoms. The predicted octanol–water partition coefficient (Wildman–Crippen LogP) is 6.00. The Labute approximate surface area is 229 Å². The molecule has 2 amide bonds. The number of nitrogens with one attached hydrogen (secondary N) is 3. The molecule has 1 aliphatic heterocycles. The van der Waals surface area contributed by atoms with Gasteiger partial charge in [-0.1, -0.05) is 55.5 Å². The van der Waals surface area contributed by atoms with E-state index < -0.39 is 5.54 Å². The summed E-state index contributed by atoms with van der Waals surface area (Å²) >= 11 is 0. The first-order chi connectivity index (χ1) is 19.1. The van der Waals surface area contributed by atoms with Gasteiger partial charge in [0.2, 0.25) is 0 Å². The number of ether oxygens (including phenoxy) is 2. The van der Waals surface area contributed by atoms with Crippen molar-refractivity contribution in [1.29, 1.82) is 0 Å².